The third-order valence-corrected chi connectivity index (χ3v) is 9.45. The van der Waals surface area contributed by atoms with Crippen molar-refractivity contribution >= 4 is 27.6 Å². The number of hydrogen-bond acceptors (Lipinski definition) is 6. The van der Waals surface area contributed by atoms with Crippen molar-refractivity contribution in [2.24, 2.45) is 17.6 Å². The molecule has 0 aliphatic carbocycles. The van der Waals surface area contributed by atoms with E-state index in [4.69, 9.17) is 5.73 Å². The van der Waals surface area contributed by atoms with Crippen molar-refractivity contribution in [2.75, 3.05) is 49.5 Å². The number of anilines is 2. The first-order valence-corrected chi connectivity index (χ1v) is 13.6. The average Bonchev–Trinajstić information content (AvgIpc) is 2.79. The number of nitrogens with zero attached hydrogens (tertiary/aromatic N) is 4. The number of carbonyl (C=O) groups is 1. The summed E-state index contributed by atoms with van der Waals surface area (Å²) in [5.74, 6) is 1.31. The van der Waals surface area contributed by atoms with Gasteiger partial charge in [0.15, 0.2) is 0 Å². The highest BCUT2D eigenvalue weighted by Gasteiger charge is 2.41. The van der Waals surface area contributed by atoms with E-state index >= 15 is 0 Å². The highest BCUT2D eigenvalue weighted by Crippen LogP contribution is 2.35. The van der Waals surface area contributed by atoms with Crippen molar-refractivity contribution in [2.45, 2.75) is 30.0 Å². The first-order valence-electron chi connectivity index (χ1n) is 12.2. The van der Waals surface area contributed by atoms with Crippen LogP contribution in [0, 0.1) is 11.8 Å². The Kier molecular flexibility index (Phi) is 6.69. The lowest BCUT2D eigenvalue weighted by molar-refractivity contribution is -0.137. The van der Waals surface area contributed by atoms with Gasteiger partial charge in [-0.2, -0.15) is 17.5 Å². The Balaban J connectivity index is 1.11. The summed E-state index contributed by atoms with van der Waals surface area (Å²) in [6.45, 7) is 3.77. The largest absolute Gasteiger partial charge is 0.417 e. The van der Waals surface area contributed by atoms with Gasteiger partial charge in [0.1, 0.15) is 5.82 Å². The number of piperidine rings is 1. The van der Waals surface area contributed by atoms with Crippen molar-refractivity contribution in [3.8, 4) is 0 Å². The number of amides is 2. The first kappa shape index (κ1) is 25.6. The van der Waals surface area contributed by atoms with Gasteiger partial charge in [0.05, 0.1) is 10.5 Å². The molecule has 3 N–H and O–H groups in total. The molecule has 3 saturated heterocycles. The molecule has 13 heteroatoms. The van der Waals surface area contributed by atoms with Gasteiger partial charge in [-0.05, 0) is 49.2 Å². The summed E-state index contributed by atoms with van der Waals surface area (Å²) in [5.41, 5.74) is 5.44. The molecule has 37 heavy (non-hydrogen) atoms. The molecule has 200 valence electrons. The lowest BCUT2D eigenvalue weighted by Gasteiger charge is -2.51. The predicted octanol–water partition coefficient (Wildman–Crippen LogP) is 2.81. The number of urea groups is 1. The predicted molar refractivity (Wildman–Crippen MR) is 131 cm³/mol. The molecule has 2 aromatic rings. The Morgan fingerprint density at radius 1 is 0.973 bits per heavy atom. The fraction of sp³-hybridized carbons (Fsp3) is 0.500. The summed E-state index contributed by atoms with van der Waals surface area (Å²) < 4.78 is 65.9. The molecule has 0 radical (unpaired) electrons. The number of halogens is 3. The van der Waals surface area contributed by atoms with E-state index < -0.39 is 21.8 Å². The smallest absolute Gasteiger partial charge is 0.371 e. The Morgan fingerprint density at radius 3 is 2.14 bits per heavy atom. The van der Waals surface area contributed by atoms with Gasteiger partial charge in [-0.1, -0.05) is 0 Å². The Morgan fingerprint density at radius 2 is 1.59 bits per heavy atom. The summed E-state index contributed by atoms with van der Waals surface area (Å²) in [6, 6.07) is 8.72. The maximum atomic E-state index is 13.2. The molecule has 0 saturated carbocycles. The van der Waals surface area contributed by atoms with Gasteiger partial charge in [-0.3, -0.25) is 0 Å². The van der Waals surface area contributed by atoms with Crippen LogP contribution in [-0.4, -0.2) is 73.9 Å². The van der Waals surface area contributed by atoms with Crippen LogP contribution in [0.25, 0.3) is 0 Å². The number of hydrogen-bond donors (Lipinski definition) is 2. The quantitative estimate of drug-likeness (QED) is 0.585. The molecule has 1 aromatic carbocycles. The number of nitrogens with two attached hydrogens (primary N) is 1. The second-order valence-electron chi connectivity index (χ2n) is 9.91. The van der Waals surface area contributed by atoms with Crippen molar-refractivity contribution in [1.29, 1.82) is 0 Å². The van der Waals surface area contributed by atoms with Crippen LogP contribution in [0.1, 0.15) is 18.4 Å². The van der Waals surface area contributed by atoms with Gasteiger partial charge in [-0.15, -0.1) is 0 Å². The normalized spacial score (nSPS) is 20.4. The van der Waals surface area contributed by atoms with Crippen molar-refractivity contribution < 1.29 is 26.4 Å². The van der Waals surface area contributed by atoms with Gasteiger partial charge >= 0.3 is 12.2 Å². The maximum Gasteiger partial charge on any atom is 0.417 e. The number of benzene rings is 1. The van der Waals surface area contributed by atoms with Gasteiger partial charge in [-0.25, -0.2) is 18.2 Å². The van der Waals surface area contributed by atoms with Crippen LogP contribution in [0.4, 0.5) is 29.5 Å². The highest BCUT2D eigenvalue weighted by atomic mass is 32.2. The molecule has 5 rings (SSSR count). The molecule has 9 nitrogen and oxygen atoms in total. The van der Waals surface area contributed by atoms with E-state index in [9.17, 15) is 26.4 Å². The summed E-state index contributed by atoms with van der Waals surface area (Å²) in [5, 5.41) is 3.10. The Bertz CT molecular complexity index is 1220. The third-order valence-electron chi connectivity index (χ3n) is 7.53. The minimum absolute atomic E-state index is 0.0804. The summed E-state index contributed by atoms with van der Waals surface area (Å²) >= 11 is 0. The van der Waals surface area contributed by atoms with Crippen molar-refractivity contribution in [3.05, 3.63) is 48.2 Å². The monoisotopic (exact) mass is 538 g/mol. The molecular weight excluding hydrogens is 509 g/mol. The lowest BCUT2D eigenvalue weighted by Crippen LogP contribution is -2.61. The molecule has 4 heterocycles. The first-order chi connectivity index (χ1) is 17.5. The minimum atomic E-state index is -4.44. The third kappa shape index (κ3) is 5.33. The van der Waals surface area contributed by atoms with Crippen molar-refractivity contribution in [1.82, 2.24) is 14.2 Å². The van der Waals surface area contributed by atoms with Crippen LogP contribution >= 0.6 is 0 Å². The van der Waals surface area contributed by atoms with Crippen LogP contribution in [0.5, 0.6) is 0 Å². The second kappa shape index (κ2) is 9.67. The number of nitrogens with one attached hydrogen (secondary N) is 1. The second-order valence-corrected chi connectivity index (χ2v) is 11.9. The van der Waals surface area contributed by atoms with E-state index in [0.29, 0.717) is 56.7 Å². The number of likely N-dealkylation sites (tertiary alicyclic amines) is 1. The van der Waals surface area contributed by atoms with Crippen molar-refractivity contribution in [3.63, 3.8) is 0 Å². The summed E-state index contributed by atoms with van der Waals surface area (Å²) in [6.07, 6.45) is -2.61. The minimum Gasteiger partial charge on any atom is -0.371 e. The number of carbonyl (C=O) groups excluding carboxylic acids is 1. The molecule has 0 unspecified atom stereocenters. The van der Waals surface area contributed by atoms with E-state index in [1.165, 1.54) is 10.4 Å². The van der Waals surface area contributed by atoms with E-state index in [1.807, 2.05) is 12.1 Å². The SMILES string of the molecule is NC(=O)N1CC(C2CN(c3ccc(S(=O)(=O)N4CCC(Nc5ccc(C(F)(F)F)cn5)CC4)cc3)C2)C1. The van der Waals surface area contributed by atoms with E-state index in [1.54, 1.807) is 17.0 Å². The van der Waals surface area contributed by atoms with E-state index in [2.05, 4.69) is 15.2 Å². The van der Waals surface area contributed by atoms with Crippen LogP contribution < -0.4 is 16.0 Å². The fourth-order valence-corrected chi connectivity index (χ4v) is 6.56. The summed E-state index contributed by atoms with van der Waals surface area (Å²) in [7, 11) is -3.65. The van der Waals surface area contributed by atoms with Gasteiger partial charge in [0, 0.05) is 69.0 Å². The Hall–Kier alpha value is -3.06. The van der Waals surface area contributed by atoms with Gasteiger partial charge in [0.2, 0.25) is 10.0 Å². The standard InChI is InChI=1S/C24H29F3N6O3S/c25-24(26,27)18-1-6-22(29-11-18)30-19-7-9-33(10-8-19)37(35,36)21-4-2-20(3-5-21)31-12-16(13-31)17-14-32(15-17)23(28)34/h1-6,11,16-17,19H,7-10,12-15H2,(H2,28,34)(H,29,30). The number of sulfonamides is 1. The molecule has 1 aromatic heterocycles. The van der Waals surface area contributed by atoms with Crippen LogP contribution in [0.3, 0.4) is 0 Å². The fourth-order valence-electron chi connectivity index (χ4n) is 5.09. The van der Waals surface area contributed by atoms with Crippen LogP contribution in [0.2, 0.25) is 0 Å². The molecule has 3 aliphatic rings. The molecule has 3 aliphatic heterocycles. The van der Waals surface area contributed by atoms with Crippen LogP contribution in [-0.2, 0) is 16.2 Å². The molecule has 0 spiro atoms. The highest BCUT2D eigenvalue weighted by molar-refractivity contribution is 7.89. The number of primary amides is 1. The zero-order valence-corrected chi connectivity index (χ0v) is 20.9. The number of pyridine rings is 1. The molecule has 3 fully saturated rings. The number of rotatable bonds is 6. The Labute approximate surface area is 213 Å². The maximum absolute atomic E-state index is 13.2. The number of aromatic nitrogens is 1. The summed E-state index contributed by atoms with van der Waals surface area (Å²) in [4.78, 5) is 19.0. The van der Waals surface area contributed by atoms with Gasteiger partial charge in [0.25, 0.3) is 0 Å². The topological polar surface area (TPSA) is 112 Å². The van der Waals surface area contributed by atoms with E-state index in [0.717, 1.165) is 31.0 Å². The zero-order valence-electron chi connectivity index (χ0n) is 20.1. The number of alkyl halides is 3. The molecule has 2 amide bonds. The lowest BCUT2D eigenvalue weighted by atomic mass is 9.80. The van der Waals surface area contributed by atoms with Gasteiger partial charge < -0.3 is 20.9 Å². The molecule has 0 bridgehead atoms. The molecular formula is C24H29F3N6O3S. The average molecular weight is 539 g/mol. The van der Waals surface area contributed by atoms with E-state index in [-0.39, 0.29) is 17.0 Å². The zero-order chi connectivity index (χ0) is 26.4. The van der Waals surface area contributed by atoms with Crippen LogP contribution in [0.15, 0.2) is 47.5 Å². The molecule has 0 atom stereocenters.